The summed E-state index contributed by atoms with van der Waals surface area (Å²) < 4.78 is 0.833. The predicted molar refractivity (Wildman–Crippen MR) is 78.0 cm³/mol. The minimum Gasteiger partial charge on any atom is -0.292 e. The maximum absolute atomic E-state index is 12.4. The van der Waals surface area contributed by atoms with Gasteiger partial charge in [0.15, 0.2) is 5.78 Å². The summed E-state index contributed by atoms with van der Waals surface area (Å²) in [6, 6.07) is 16.7. The number of benzene rings is 2. The van der Waals surface area contributed by atoms with E-state index in [1.54, 1.807) is 18.2 Å². The first kappa shape index (κ1) is 13.5. The largest absolute Gasteiger partial charge is 0.292 e. The smallest absolute Gasteiger partial charge is 0.184 e. The van der Waals surface area contributed by atoms with Gasteiger partial charge in [0.1, 0.15) is 5.92 Å². The summed E-state index contributed by atoms with van der Waals surface area (Å²) in [5.74, 6) is -0.927. The van der Waals surface area contributed by atoms with E-state index in [4.69, 9.17) is 0 Å². The first-order valence-corrected chi connectivity index (χ1v) is 6.67. The Morgan fingerprint density at radius 2 is 1.95 bits per heavy atom. The number of hydrogen-bond donors (Lipinski definition) is 0. The lowest BCUT2D eigenvalue weighted by Gasteiger charge is -2.09. The van der Waals surface area contributed by atoms with Crippen molar-refractivity contribution in [2.24, 2.45) is 0 Å². The van der Waals surface area contributed by atoms with Gasteiger partial charge >= 0.3 is 0 Å². The molecule has 0 bridgehead atoms. The lowest BCUT2D eigenvalue weighted by Crippen LogP contribution is -2.11. The molecule has 0 aliphatic carbocycles. The van der Waals surface area contributed by atoms with Crippen molar-refractivity contribution in [1.29, 1.82) is 5.26 Å². The molecule has 0 saturated heterocycles. The van der Waals surface area contributed by atoms with E-state index >= 15 is 0 Å². The number of nitrogens with zero attached hydrogens (tertiary/aromatic N) is 1. The first-order chi connectivity index (χ1) is 9.11. The van der Waals surface area contributed by atoms with Crippen LogP contribution < -0.4 is 0 Å². The molecule has 0 aliphatic rings. The first-order valence-electron chi connectivity index (χ1n) is 5.88. The van der Waals surface area contributed by atoms with E-state index in [1.165, 1.54) is 0 Å². The monoisotopic (exact) mass is 313 g/mol. The average Bonchev–Trinajstić information content (AvgIpc) is 2.39. The highest BCUT2D eigenvalue weighted by atomic mass is 79.9. The van der Waals surface area contributed by atoms with Crippen molar-refractivity contribution in [1.82, 2.24) is 0 Å². The van der Waals surface area contributed by atoms with Crippen LogP contribution in [0, 0.1) is 18.3 Å². The Kier molecular flexibility index (Phi) is 4.13. The van der Waals surface area contributed by atoms with Crippen molar-refractivity contribution < 1.29 is 4.79 Å². The summed E-state index contributed by atoms with van der Waals surface area (Å²) in [6.07, 6.45) is 0. The second-order valence-electron chi connectivity index (χ2n) is 4.35. The number of carbonyl (C=O) groups excluding carboxylic acids is 1. The van der Waals surface area contributed by atoms with Gasteiger partial charge in [-0.05, 0) is 24.6 Å². The fraction of sp³-hybridized carbons (Fsp3) is 0.125. The van der Waals surface area contributed by atoms with E-state index < -0.39 is 5.92 Å². The maximum Gasteiger partial charge on any atom is 0.184 e. The zero-order valence-electron chi connectivity index (χ0n) is 10.4. The van der Waals surface area contributed by atoms with Crippen molar-refractivity contribution >= 4 is 21.7 Å². The zero-order valence-corrected chi connectivity index (χ0v) is 12.0. The van der Waals surface area contributed by atoms with E-state index in [1.807, 2.05) is 37.3 Å². The predicted octanol–water partition coefficient (Wildman–Crippen LogP) is 4.25. The molecule has 94 valence electrons. The Morgan fingerprint density at radius 3 is 2.58 bits per heavy atom. The Hall–Kier alpha value is -1.92. The minimum absolute atomic E-state index is 0.172. The third-order valence-corrected chi connectivity index (χ3v) is 3.37. The van der Waals surface area contributed by atoms with Gasteiger partial charge in [-0.2, -0.15) is 5.26 Å². The zero-order chi connectivity index (χ0) is 13.8. The molecule has 2 nitrogen and oxygen atoms in total. The van der Waals surface area contributed by atoms with Crippen LogP contribution in [-0.2, 0) is 0 Å². The van der Waals surface area contributed by atoms with Crippen molar-refractivity contribution in [3.05, 3.63) is 69.7 Å². The molecule has 0 aromatic heterocycles. The van der Waals surface area contributed by atoms with Crippen molar-refractivity contribution in [3.8, 4) is 6.07 Å². The van der Waals surface area contributed by atoms with Crippen molar-refractivity contribution in [2.75, 3.05) is 0 Å². The molecule has 19 heavy (non-hydrogen) atoms. The van der Waals surface area contributed by atoms with Crippen LogP contribution in [-0.4, -0.2) is 5.78 Å². The SMILES string of the molecule is Cc1cccc(C(C#N)C(=O)c2cccc(Br)c2)c1. The molecule has 0 heterocycles. The van der Waals surface area contributed by atoms with Crippen LogP contribution in [0.4, 0.5) is 0 Å². The van der Waals surface area contributed by atoms with Gasteiger partial charge in [-0.25, -0.2) is 0 Å². The molecular formula is C16H12BrNO. The molecule has 0 saturated carbocycles. The Bertz CT molecular complexity index is 658. The van der Waals surface area contributed by atoms with Gasteiger partial charge in [0.2, 0.25) is 0 Å². The Balaban J connectivity index is 2.38. The highest BCUT2D eigenvalue weighted by Crippen LogP contribution is 2.23. The average molecular weight is 314 g/mol. The molecule has 1 unspecified atom stereocenters. The summed E-state index contributed by atoms with van der Waals surface area (Å²) in [6.45, 7) is 1.95. The summed E-state index contributed by atoms with van der Waals surface area (Å²) in [4.78, 5) is 12.4. The summed E-state index contributed by atoms with van der Waals surface area (Å²) in [7, 11) is 0. The van der Waals surface area contributed by atoms with Crippen LogP contribution in [0.25, 0.3) is 0 Å². The number of hydrogen-bond acceptors (Lipinski definition) is 2. The van der Waals surface area contributed by atoms with Crippen LogP contribution in [0.1, 0.15) is 27.4 Å². The van der Waals surface area contributed by atoms with Crippen molar-refractivity contribution in [3.63, 3.8) is 0 Å². The molecule has 0 radical (unpaired) electrons. The number of aryl methyl sites for hydroxylation is 1. The second kappa shape index (κ2) is 5.81. The molecule has 0 spiro atoms. The second-order valence-corrected chi connectivity index (χ2v) is 5.27. The van der Waals surface area contributed by atoms with Crippen LogP contribution in [0.2, 0.25) is 0 Å². The van der Waals surface area contributed by atoms with E-state index in [9.17, 15) is 10.1 Å². The highest BCUT2D eigenvalue weighted by Gasteiger charge is 2.21. The Morgan fingerprint density at radius 1 is 1.21 bits per heavy atom. The molecule has 3 heteroatoms. The molecule has 2 aromatic carbocycles. The quantitative estimate of drug-likeness (QED) is 0.795. The van der Waals surface area contributed by atoms with Crippen molar-refractivity contribution in [2.45, 2.75) is 12.8 Å². The molecule has 2 rings (SSSR count). The summed E-state index contributed by atoms with van der Waals surface area (Å²) in [5.41, 5.74) is 2.33. The molecule has 1 atom stereocenters. The van der Waals surface area contributed by atoms with Crippen LogP contribution >= 0.6 is 15.9 Å². The van der Waals surface area contributed by atoms with Crippen LogP contribution in [0.3, 0.4) is 0 Å². The lowest BCUT2D eigenvalue weighted by molar-refractivity contribution is 0.0979. The lowest BCUT2D eigenvalue weighted by atomic mass is 9.91. The number of Topliss-reactive ketones (excluding diaryl/α,β-unsaturated/α-hetero) is 1. The van der Waals surface area contributed by atoms with Gasteiger partial charge in [0.25, 0.3) is 0 Å². The third kappa shape index (κ3) is 3.10. The molecule has 0 amide bonds. The molecule has 0 fully saturated rings. The fourth-order valence-corrected chi connectivity index (χ4v) is 2.34. The molecule has 2 aromatic rings. The topological polar surface area (TPSA) is 40.9 Å². The number of rotatable bonds is 3. The van der Waals surface area contributed by atoms with Gasteiger partial charge in [0, 0.05) is 10.0 Å². The van der Waals surface area contributed by atoms with Gasteiger partial charge in [-0.1, -0.05) is 57.9 Å². The third-order valence-electron chi connectivity index (χ3n) is 2.88. The van der Waals surface area contributed by atoms with E-state index in [0.717, 1.165) is 15.6 Å². The van der Waals surface area contributed by atoms with Crippen LogP contribution in [0.5, 0.6) is 0 Å². The number of carbonyl (C=O) groups is 1. The number of ketones is 1. The number of halogens is 1. The van der Waals surface area contributed by atoms with Gasteiger partial charge in [0.05, 0.1) is 6.07 Å². The van der Waals surface area contributed by atoms with Gasteiger partial charge in [-0.15, -0.1) is 0 Å². The van der Waals surface area contributed by atoms with Crippen LogP contribution in [0.15, 0.2) is 53.0 Å². The maximum atomic E-state index is 12.4. The van der Waals surface area contributed by atoms with E-state index in [-0.39, 0.29) is 5.78 Å². The molecule has 0 aliphatic heterocycles. The molecule has 0 N–H and O–H groups in total. The van der Waals surface area contributed by atoms with Gasteiger partial charge in [-0.3, -0.25) is 4.79 Å². The Labute approximate surface area is 120 Å². The summed E-state index contributed by atoms with van der Waals surface area (Å²) >= 11 is 3.33. The van der Waals surface area contributed by atoms with Gasteiger partial charge < -0.3 is 0 Å². The standard InChI is InChI=1S/C16H12BrNO/c1-11-4-2-5-12(8-11)15(10-18)16(19)13-6-3-7-14(17)9-13/h2-9,15H,1H3. The van der Waals surface area contributed by atoms with E-state index in [0.29, 0.717) is 5.56 Å². The normalized spacial score (nSPS) is 11.6. The highest BCUT2D eigenvalue weighted by molar-refractivity contribution is 9.10. The fourth-order valence-electron chi connectivity index (χ4n) is 1.94. The number of nitriles is 1. The molecular weight excluding hydrogens is 302 g/mol. The minimum atomic E-state index is -0.755. The summed E-state index contributed by atoms with van der Waals surface area (Å²) in [5, 5.41) is 9.29. The van der Waals surface area contributed by atoms with E-state index in [2.05, 4.69) is 22.0 Å².